The average molecular weight is 766 g/mol. The third kappa shape index (κ3) is 9.22. The van der Waals surface area contributed by atoms with Crippen LogP contribution in [0.4, 0.5) is 0 Å². The molecule has 14 atom stereocenters. The van der Waals surface area contributed by atoms with Crippen LogP contribution in [0.15, 0.2) is 11.6 Å². The van der Waals surface area contributed by atoms with Crippen molar-refractivity contribution in [1.29, 1.82) is 0 Å². The van der Waals surface area contributed by atoms with Crippen molar-refractivity contribution in [2.75, 3.05) is 26.6 Å². The van der Waals surface area contributed by atoms with Crippen LogP contribution in [0.2, 0.25) is 0 Å². The number of fused-ring (bicyclic) bond motifs is 5. The van der Waals surface area contributed by atoms with Gasteiger partial charge in [-0.1, -0.05) is 65.5 Å². The number of nitrogens with one attached hydrogen (secondary N) is 1. The van der Waals surface area contributed by atoms with Gasteiger partial charge in [-0.3, -0.25) is 4.79 Å². The molecule has 0 spiro atoms. The van der Waals surface area contributed by atoms with E-state index in [1.54, 1.807) is 5.57 Å². The van der Waals surface area contributed by atoms with Crippen molar-refractivity contribution in [3.05, 3.63) is 11.6 Å². The van der Waals surface area contributed by atoms with E-state index in [0.29, 0.717) is 11.8 Å². The first-order valence-corrected chi connectivity index (χ1v) is 20.9. The lowest BCUT2D eigenvalue weighted by Gasteiger charge is -2.58. The summed E-state index contributed by atoms with van der Waals surface area (Å²) in [5.41, 5.74) is 2.29. The first-order valence-electron chi connectivity index (χ1n) is 20.9. The minimum absolute atomic E-state index is 0.0927. The lowest BCUT2D eigenvalue weighted by molar-refractivity contribution is -0.311. The molecular formula is C42H71NO11. The molecule has 0 aromatic heterocycles. The molecule has 1 amide bonds. The van der Waals surface area contributed by atoms with E-state index >= 15 is 0 Å². The molecule has 6 N–H and O–H groups in total. The summed E-state index contributed by atoms with van der Waals surface area (Å²) in [6.07, 6.45) is 9.70. The molecule has 4 fully saturated rings. The zero-order valence-corrected chi connectivity index (χ0v) is 33.7. The molecule has 12 heteroatoms. The van der Waals surface area contributed by atoms with Crippen LogP contribution in [-0.4, -0.2) is 106 Å². The summed E-state index contributed by atoms with van der Waals surface area (Å²) in [5, 5.41) is 53.2. The van der Waals surface area contributed by atoms with Crippen LogP contribution < -0.4 is 5.32 Å². The van der Waals surface area contributed by atoms with Crippen molar-refractivity contribution in [3.63, 3.8) is 0 Å². The van der Waals surface area contributed by atoms with Gasteiger partial charge in [-0.05, 0) is 104 Å². The highest BCUT2D eigenvalue weighted by atomic mass is 16.7. The van der Waals surface area contributed by atoms with Crippen molar-refractivity contribution in [1.82, 2.24) is 5.32 Å². The normalized spacial score (nSPS) is 39.5. The smallest absolute Gasteiger partial charge is 0.364 e. The van der Waals surface area contributed by atoms with Gasteiger partial charge in [-0.25, -0.2) is 4.79 Å². The predicted octanol–water partition coefficient (Wildman–Crippen LogP) is 4.94. The van der Waals surface area contributed by atoms with Gasteiger partial charge in [-0.2, -0.15) is 0 Å². The molecule has 12 nitrogen and oxygen atoms in total. The zero-order chi connectivity index (χ0) is 39.4. The summed E-state index contributed by atoms with van der Waals surface area (Å²) in [6, 6.07) is -1.24. The maximum Gasteiger partial charge on any atom is 0.364 e. The molecule has 310 valence electrons. The monoisotopic (exact) mass is 766 g/mol. The number of aliphatic hydroxyl groups excluding tert-OH is 4. The molecule has 0 aromatic rings. The highest BCUT2D eigenvalue weighted by molar-refractivity contribution is 5.76. The lowest BCUT2D eigenvalue weighted by atomic mass is 9.47. The van der Waals surface area contributed by atoms with Crippen molar-refractivity contribution in [3.8, 4) is 0 Å². The maximum absolute atomic E-state index is 12.4. The van der Waals surface area contributed by atoms with Gasteiger partial charge in [0.1, 0.15) is 25.1 Å². The third-order valence-corrected chi connectivity index (χ3v) is 14.6. The summed E-state index contributed by atoms with van der Waals surface area (Å²) in [5.74, 6) is 0.399. The van der Waals surface area contributed by atoms with Crippen LogP contribution in [0.1, 0.15) is 125 Å². The van der Waals surface area contributed by atoms with Gasteiger partial charge in [0, 0.05) is 13.3 Å². The molecule has 0 aromatic carbocycles. The number of hydrogen-bond donors (Lipinski definition) is 6. The van der Waals surface area contributed by atoms with E-state index in [1.165, 1.54) is 58.3 Å². The average Bonchev–Trinajstić information content (AvgIpc) is 3.48. The molecule has 0 bridgehead atoms. The molecule has 54 heavy (non-hydrogen) atoms. The van der Waals surface area contributed by atoms with Crippen LogP contribution in [0.3, 0.4) is 0 Å². The quantitative estimate of drug-likeness (QED) is 0.0631. The van der Waals surface area contributed by atoms with Crippen LogP contribution >= 0.6 is 0 Å². The van der Waals surface area contributed by atoms with Crippen LogP contribution in [0, 0.1) is 46.3 Å². The molecule has 1 heterocycles. The predicted molar refractivity (Wildman–Crippen MR) is 202 cm³/mol. The fraction of sp³-hybridized carbons (Fsp3) is 0.905. The number of amides is 1. The number of carbonyl (C=O) groups excluding carboxylic acids is 1. The Bertz CT molecular complexity index is 1290. The highest BCUT2D eigenvalue weighted by Crippen LogP contribution is 2.67. The minimum Gasteiger partial charge on any atom is -0.477 e. The SMILES string of the molecule is CC(=O)NC1C(O)CC(OCCCOCOC2CC[C@@]3(C)C(=CCC4[C@@H]5CC[C@H]([C@@H](C)CCCC(C)C)[C@@]5(C)CC[C@@H]43)C2)(C(=O)O)OC1[C@@H](O)[C@H](O)CO. The Morgan fingerprint density at radius 3 is 2.46 bits per heavy atom. The van der Waals surface area contributed by atoms with Gasteiger partial charge in [0.15, 0.2) is 0 Å². The van der Waals surface area contributed by atoms with E-state index in [4.69, 9.17) is 18.9 Å². The van der Waals surface area contributed by atoms with Gasteiger partial charge in [0.25, 0.3) is 5.79 Å². The number of aliphatic hydroxyl groups is 4. The Kier molecular flexibility index (Phi) is 14.7. The van der Waals surface area contributed by atoms with E-state index in [0.717, 1.165) is 54.8 Å². The number of hydrogen-bond acceptors (Lipinski definition) is 10. The van der Waals surface area contributed by atoms with Gasteiger partial charge < -0.3 is 49.8 Å². The molecule has 5 aliphatic rings. The van der Waals surface area contributed by atoms with E-state index in [1.807, 2.05) is 0 Å². The summed E-state index contributed by atoms with van der Waals surface area (Å²) >= 11 is 0. The molecule has 1 aliphatic heterocycles. The number of ether oxygens (including phenoxy) is 4. The number of aliphatic carboxylic acids is 1. The number of rotatable bonds is 18. The second-order valence-electron chi connectivity index (χ2n) is 18.4. The van der Waals surface area contributed by atoms with E-state index in [9.17, 15) is 35.1 Å². The van der Waals surface area contributed by atoms with Gasteiger partial charge in [0.2, 0.25) is 5.91 Å². The first-order chi connectivity index (χ1) is 25.6. The molecule has 4 aliphatic carbocycles. The zero-order valence-electron chi connectivity index (χ0n) is 33.7. The maximum atomic E-state index is 12.4. The molecular weight excluding hydrogens is 694 g/mol. The van der Waals surface area contributed by atoms with Gasteiger partial charge in [-0.15, -0.1) is 0 Å². The summed E-state index contributed by atoms with van der Waals surface area (Å²) in [6.45, 7) is 13.0. The number of carbonyl (C=O) groups is 2. The van der Waals surface area contributed by atoms with Crippen LogP contribution in [-0.2, 0) is 28.5 Å². The van der Waals surface area contributed by atoms with Crippen LogP contribution in [0.25, 0.3) is 0 Å². The number of carboxylic acids is 1. The standard InChI is InChI=1S/C42H71NO11/c1-25(2)9-7-10-26(3)31-13-14-32-30-12-11-28-21-29(15-17-40(28,5)33(30)16-18-41(31,32)6)52-24-51-19-8-20-53-42(39(49)50)22-34(46)36(43-27(4)45)38(54-42)37(48)35(47)23-44/h11,25-26,29-38,44,46-48H,7-10,12-24H2,1-6H3,(H,43,45)(H,49,50)/t26-,29?,30?,31+,32-,33-,34?,35+,36?,37-,38?,40-,41+,42?/m0/s1. The highest BCUT2D eigenvalue weighted by Gasteiger charge is 2.59. The van der Waals surface area contributed by atoms with Crippen molar-refractivity contribution < 1.29 is 54.1 Å². The van der Waals surface area contributed by atoms with E-state index in [-0.39, 0.29) is 31.5 Å². The fourth-order valence-corrected chi connectivity index (χ4v) is 11.7. The topological polar surface area (TPSA) is 184 Å². The van der Waals surface area contributed by atoms with Crippen molar-refractivity contribution in [2.45, 2.75) is 167 Å². The Morgan fingerprint density at radius 2 is 1.78 bits per heavy atom. The Labute approximate surface area is 322 Å². The Hall–Kier alpha value is -1.64. The number of carboxylic acid groups (broad SMARTS) is 1. The summed E-state index contributed by atoms with van der Waals surface area (Å²) in [7, 11) is 0. The van der Waals surface area contributed by atoms with Gasteiger partial charge in [0.05, 0.1) is 38.1 Å². The molecule has 1 saturated heterocycles. The van der Waals surface area contributed by atoms with Gasteiger partial charge >= 0.3 is 5.97 Å². The Morgan fingerprint density at radius 1 is 1.02 bits per heavy atom. The van der Waals surface area contributed by atoms with E-state index in [2.05, 4.69) is 46.0 Å². The second kappa shape index (κ2) is 18.3. The van der Waals surface area contributed by atoms with Crippen molar-refractivity contribution in [2.24, 2.45) is 46.3 Å². The fourth-order valence-electron chi connectivity index (χ4n) is 11.7. The van der Waals surface area contributed by atoms with E-state index < -0.39 is 61.1 Å². The lowest BCUT2D eigenvalue weighted by Crippen LogP contribution is -2.67. The molecule has 0 radical (unpaired) electrons. The van der Waals surface area contributed by atoms with Crippen LogP contribution in [0.5, 0.6) is 0 Å². The largest absolute Gasteiger partial charge is 0.477 e. The molecule has 6 unspecified atom stereocenters. The van der Waals surface area contributed by atoms with Crippen molar-refractivity contribution >= 4 is 11.9 Å². The minimum atomic E-state index is -2.35. The first kappa shape index (κ1) is 43.5. The summed E-state index contributed by atoms with van der Waals surface area (Å²) in [4.78, 5) is 24.1. The molecule has 5 rings (SSSR count). The third-order valence-electron chi connectivity index (χ3n) is 14.6. The Balaban J connectivity index is 1.07. The number of allylic oxidation sites excluding steroid dienone is 1. The summed E-state index contributed by atoms with van der Waals surface area (Å²) < 4.78 is 23.3. The molecule has 3 saturated carbocycles. The second-order valence-corrected chi connectivity index (χ2v) is 18.4.